The van der Waals surface area contributed by atoms with Crippen LogP contribution in [0, 0.1) is 11.6 Å². The molecule has 2 aromatic carbocycles. The van der Waals surface area contributed by atoms with Gasteiger partial charge in [-0.15, -0.1) is 0 Å². The molecule has 0 unspecified atom stereocenters. The van der Waals surface area contributed by atoms with Gasteiger partial charge in [0.05, 0.1) is 0 Å². The smallest absolute Gasteiger partial charge is 0.125 e. The molecule has 0 aliphatic heterocycles. The topological polar surface area (TPSA) is 24.1 Å². The molecule has 0 spiro atoms. The van der Waals surface area contributed by atoms with Gasteiger partial charge >= 0.3 is 0 Å². The second-order valence-electron chi connectivity index (χ2n) is 7.77. The molecule has 0 radical (unpaired) electrons. The Morgan fingerprint density at radius 3 is 1.58 bits per heavy atom. The van der Waals surface area contributed by atoms with Crippen molar-refractivity contribution in [2.45, 2.75) is 52.6 Å². The molecular weight excluding hydrogens is 306 g/mol. The van der Waals surface area contributed by atoms with Crippen LogP contribution in [0.1, 0.15) is 41.5 Å². The Bertz CT molecular complexity index is 623. The summed E-state index contributed by atoms with van der Waals surface area (Å²) in [6.45, 7) is 12.3. The van der Waals surface area contributed by atoms with Crippen LogP contribution in [0.4, 0.5) is 20.2 Å². The summed E-state index contributed by atoms with van der Waals surface area (Å²) in [7, 11) is 0. The molecule has 0 aromatic heterocycles. The van der Waals surface area contributed by atoms with Gasteiger partial charge in [-0.2, -0.15) is 0 Å². The number of benzene rings is 2. The largest absolute Gasteiger partial charge is 0.380 e. The summed E-state index contributed by atoms with van der Waals surface area (Å²) in [4.78, 5) is 0. The van der Waals surface area contributed by atoms with Crippen LogP contribution in [0.3, 0.4) is 0 Å². The Labute approximate surface area is 144 Å². The molecule has 0 aliphatic rings. The van der Waals surface area contributed by atoms with Crippen molar-refractivity contribution in [3.8, 4) is 0 Å². The fourth-order valence-electron chi connectivity index (χ4n) is 1.97. The first-order valence-electron chi connectivity index (χ1n) is 8.02. The third-order valence-corrected chi connectivity index (χ3v) is 2.71. The van der Waals surface area contributed by atoms with Gasteiger partial charge in [-0.1, -0.05) is 6.07 Å². The van der Waals surface area contributed by atoms with Crippen LogP contribution in [0.5, 0.6) is 0 Å². The highest BCUT2D eigenvalue weighted by Crippen LogP contribution is 2.15. The van der Waals surface area contributed by atoms with Crippen molar-refractivity contribution >= 4 is 11.4 Å². The minimum absolute atomic E-state index is 0.0200. The Morgan fingerprint density at radius 2 is 1.12 bits per heavy atom. The first-order chi connectivity index (χ1) is 10.9. The highest BCUT2D eigenvalue weighted by Gasteiger charge is 2.09. The number of anilines is 2. The van der Waals surface area contributed by atoms with E-state index in [4.69, 9.17) is 0 Å². The average molecular weight is 334 g/mol. The summed E-state index contributed by atoms with van der Waals surface area (Å²) in [6, 6.07) is 12.9. The molecule has 0 amide bonds. The lowest BCUT2D eigenvalue weighted by molar-refractivity contribution is 0.618. The second kappa shape index (κ2) is 8.13. The van der Waals surface area contributed by atoms with Crippen LogP contribution in [0.15, 0.2) is 48.5 Å². The van der Waals surface area contributed by atoms with Crippen LogP contribution in [-0.2, 0) is 0 Å². The number of rotatable bonds is 2. The molecule has 0 aliphatic carbocycles. The van der Waals surface area contributed by atoms with Crippen molar-refractivity contribution in [1.82, 2.24) is 0 Å². The SMILES string of the molecule is CC(C)(C)Nc1ccc(F)cc1.CC(C)(C)Nc1cccc(F)c1. The maximum Gasteiger partial charge on any atom is 0.125 e. The van der Waals surface area contributed by atoms with Gasteiger partial charge in [-0.3, -0.25) is 0 Å². The summed E-state index contributed by atoms with van der Waals surface area (Å²) >= 11 is 0. The van der Waals surface area contributed by atoms with Crippen molar-refractivity contribution in [3.63, 3.8) is 0 Å². The average Bonchev–Trinajstić information content (AvgIpc) is 2.39. The highest BCUT2D eigenvalue weighted by atomic mass is 19.1. The quantitative estimate of drug-likeness (QED) is 0.696. The van der Waals surface area contributed by atoms with Gasteiger partial charge in [0, 0.05) is 22.5 Å². The molecule has 24 heavy (non-hydrogen) atoms. The van der Waals surface area contributed by atoms with Crippen molar-refractivity contribution < 1.29 is 8.78 Å². The van der Waals surface area contributed by atoms with Crippen molar-refractivity contribution in [1.29, 1.82) is 0 Å². The van der Waals surface area contributed by atoms with E-state index in [2.05, 4.69) is 31.4 Å². The number of hydrogen-bond acceptors (Lipinski definition) is 2. The van der Waals surface area contributed by atoms with Gasteiger partial charge in [-0.05, 0) is 84.0 Å². The van der Waals surface area contributed by atoms with Crippen LogP contribution in [0.25, 0.3) is 0 Å². The summed E-state index contributed by atoms with van der Waals surface area (Å²) in [5, 5.41) is 6.42. The van der Waals surface area contributed by atoms with E-state index in [0.717, 1.165) is 11.4 Å². The maximum atomic E-state index is 12.7. The van der Waals surface area contributed by atoms with Crippen LogP contribution >= 0.6 is 0 Å². The molecule has 2 aromatic rings. The first-order valence-corrected chi connectivity index (χ1v) is 8.02. The van der Waals surface area contributed by atoms with Crippen molar-refractivity contribution in [3.05, 3.63) is 60.2 Å². The lowest BCUT2D eigenvalue weighted by atomic mass is 10.1. The van der Waals surface area contributed by atoms with Gasteiger partial charge in [0.15, 0.2) is 0 Å². The van der Waals surface area contributed by atoms with E-state index in [0.29, 0.717) is 0 Å². The highest BCUT2D eigenvalue weighted by molar-refractivity contribution is 5.45. The zero-order chi connectivity index (χ0) is 18.4. The van der Waals surface area contributed by atoms with E-state index in [9.17, 15) is 8.78 Å². The van der Waals surface area contributed by atoms with Gasteiger partial charge in [0.2, 0.25) is 0 Å². The third-order valence-electron chi connectivity index (χ3n) is 2.71. The molecule has 2 rings (SSSR count). The van der Waals surface area contributed by atoms with Gasteiger partial charge in [0.1, 0.15) is 11.6 Å². The van der Waals surface area contributed by atoms with Crippen molar-refractivity contribution in [2.75, 3.05) is 10.6 Å². The van der Waals surface area contributed by atoms with Crippen LogP contribution < -0.4 is 10.6 Å². The molecular formula is C20H28F2N2. The summed E-state index contributed by atoms with van der Waals surface area (Å²) < 4.78 is 25.2. The predicted octanol–water partition coefficient (Wildman–Crippen LogP) is 6.07. The standard InChI is InChI=1S/2C10H14FN/c1-10(2,3)12-9-6-4-8(11)5-7-9;1-10(2,3)12-9-6-4-5-8(11)7-9/h2*4-7,12H,1-3H3. The molecule has 2 nitrogen and oxygen atoms in total. The van der Waals surface area contributed by atoms with Crippen LogP contribution in [0.2, 0.25) is 0 Å². The Morgan fingerprint density at radius 1 is 0.625 bits per heavy atom. The van der Waals surface area contributed by atoms with Gasteiger partial charge < -0.3 is 10.6 Å². The summed E-state index contributed by atoms with van der Waals surface area (Å²) in [5.41, 5.74) is 1.78. The molecule has 132 valence electrons. The number of nitrogens with one attached hydrogen (secondary N) is 2. The normalized spacial score (nSPS) is 11.3. The van der Waals surface area contributed by atoms with E-state index in [-0.39, 0.29) is 22.7 Å². The van der Waals surface area contributed by atoms with Crippen LogP contribution in [-0.4, -0.2) is 11.1 Å². The minimum Gasteiger partial charge on any atom is -0.380 e. The van der Waals surface area contributed by atoms with Gasteiger partial charge in [0.25, 0.3) is 0 Å². The lowest BCUT2D eigenvalue weighted by Crippen LogP contribution is -2.25. The molecule has 2 N–H and O–H groups in total. The molecule has 0 bridgehead atoms. The molecule has 0 heterocycles. The molecule has 4 heteroatoms. The number of halogens is 2. The third kappa shape index (κ3) is 9.13. The van der Waals surface area contributed by atoms with E-state index in [1.54, 1.807) is 18.2 Å². The minimum atomic E-state index is -0.204. The maximum absolute atomic E-state index is 12.7. The predicted molar refractivity (Wildman–Crippen MR) is 99.6 cm³/mol. The van der Waals surface area contributed by atoms with E-state index < -0.39 is 0 Å². The monoisotopic (exact) mass is 334 g/mol. The Balaban J connectivity index is 0.000000240. The second-order valence-corrected chi connectivity index (χ2v) is 7.77. The van der Waals surface area contributed by atoms with Crippen molar-refractivity contribution in [2.24, 2.45) is 0 Å². The number of hydrogen-bond donors (Lipinski definition) is 2. The molecule has 0 saturated heterocycles. The molecule has 0 atom stereocenters. The zero-order valence-electron chi connectivity index (χ0n) is 15.4. The first kappa shape index (κ1) is 19.9. The van der Waals surface area contributed by atoms with E-state index in [1.165, 1.54) is 24.3 Å². The molecule has 0 saturated carbocycles. The lowest BCUT2D eigenvalue weighted by Gasteiger charge is -2.21. The van der Waals surface area contributed by atoms with E-state index in [1.807, 2.05) is 26.8 Å². The van der Waals surface area contributed by atoms with Gasteiger partial charge in [-0.25, -0.2) is 8.78 Å². The summed E-state index contributed by atoms with van der Waals surface area (Å²) in [5.74, 6) is -0.404. The Hall–Kier alpha value is -2.10. The fourth-order valence-corrected chi connectivity index (χ4v) is 1.97. The molecule has 0 fully saturated rings. The Kier molecular flexibility index (Phi) is 6.76. The summed E-state index contributed by atoms with van der Waals surface area (Å²) in [6.07, 6.45) is 0. The fraction of sp³-hybridized carbons (Fsp3) is 0.400. The van der Waals surface area contributed by atoms with E-state index >= 15 is 0 Å². The zero-order valence-corrected chi connectivity index (χ0v) is 15.4.